The molecule has 0 saturated heterocycles. The summed E-state index contributed by atoms with van der Waals surface area (Å²) in [4.78, 5) is 0. The predicted octanol–water partition coefficient (Wildman–Crippen LogP) is 1.98. The molecule has 2 N–H and O–H groups in total. The molecule has 1 atom stereocenters. The molecule has 0 fully saturated rings. The number of hydrogen-bond acceptors (Lipinski definition) is 2. The molecule has 2 heteroatoms. The van der Waals surface area contributed by atoms with Crippen LogP contribution >= 0.6 is 0 Å². The molecular weight excluding hydrogens is 174 g/mol. The summed E-state index contributed by atoms with van der Waals surface area (Å²) in [6.07, 6.45) is 2.15. The summed E-state index contributed by atoms with van der Waals surface area (Å²) in [6.45, 7) is 3.42. The Labute approximate surface area is 86.1 Å². The van der Waals surface area contributed by atoms with Crippen molar-refractivity contribution in [3.8, 4) is 0 Å². The number of ether oxygens (including phenoxy) is 1. The lowest BCUT2D eigenvalue weighted by atomic mass is 10.1. The first-order valence-corrected chi connectivity index (χ1v) is 5.16. The van der Waals surface area contributed by atoms with Crippen LogP contribution in [-0.2, 0) is 11.2 Å². The number of benzene rings is 1. The summed E-state index contributed by atoms with van der Waals surface area (Å²) in [7, 11) is 0. The molecule has 14 heavy (non-hydrogen) atoms. The molecule has 1 rings (SSSR count). The maximum atomic E-state index is 5.56. The number of hydrogen-bond donors (Lipinski definition) is 1. The molecule has 0 aliphatic carbocycles. The standard InChI is InChI=1S/C12H19NO/c1-11(13)10-14-9-5-8-12-6-3-2-4-7-12/h2-4,6-7,11H,5,8-10,13H2,1H3/t11-/m1/s1. The molecule has 78 valence electrons. The average molecular weight is 193 g/mol. The maximum Gasteiger partial charge on any atom is 0.0614 e. The van der Waals surface area contributed by atoms with Crippen molar-refractivity contribution in [2.24, 2.45) is 5.73 Å². The zero-order valence-electron chi connectivity index (χ0n) is 8.78. The molecule has 0 spiro atoms. The summed E-state index contributed by atoms with van der Waals surface area (Å²) in [6, 6.07) is 10.6. The highest BCUT2D eigenvalue weighted by molar-refractivity contribution is 5.14. The van der Waals surface area contributed by atoms with Gasteiger partial charge in [-0.3, -0.25) is 0 Å². The van der Waals surface area contributed by atoms with Gasteiger partial charge in [0.1, 0.15) is 0 Å². The number of nitrogens with two attached hydrogens (primary N) is 1. The van der Waals surface area contributed by atoms with Crippen LogP contribution in [0.5, 0.6) is 0 Å². The zero-order chi connectivity index (χ0) is 10.2. The van der Waals surface area contributed by atoms with Gasteiger partial charge in [-0.25, -0.2) is 0 Å². The fourth-order valence-corrected chi connectivity index (χ4v) is 1.29. The molecule has 1 aromatic rings. The summed E-state index contributed by atoms with van der Waals surface area (Å²) >= 11 is 0. The van der Waals surface area contributed by atoms with Crippen LogP contribution in [0.2, 0.25) is 0 Å². The monoisotopic (exact) mass is 193 g/mol. The van der Waals surface area contributed by atoms with E-state index in [1.54, 1.807) is 0 Å². The Kier molecular flexibility index (Phi) is 5.27. The van der Waals surface area contributed by atoms with Crippen molar-refractivity contribution in [2.75, 3.05) is 13.2 Å². The van der Waals surface area contributed by atoms with Gasteiger partial charge in [-0.1, -0.05) is 30.3 Å². The first-order chi connectivity index (χ1) is 6.79. The summed E-state index contributed by atoms with van der Waals surface area (Å²) in [5.41, 5.74) is 6.93. The van der Waals surface area contributed by atoms with Crippen LogP contribution in [0, 0.1) is 0 Å². The Morgan fingerprint density at radius 1 is 1.29 bits per heavy atom. The molecule has 0 aliphatic heterocycles. The molecule has 0 aromatic heterocycles. The molecule has 0 heterocycles. The van der Waals surface area contributed by atoms with Crippen molar-refractivity contribution in [1.82, 2.24) is 0 Å². The second-order valence-electron chi connectivity index (χ2n) is 3.64. The number of aryl methyl sites for hydroxylation is 1. The lowest BCUT2D eigenvalue weighted by Crippen LogP contribution is -2.22. The van der Waals surface area contributed by atoms with E-state index in [1.165, 1.54) is 5.56 Å². The largest absolute Gasteiger partial charge is 0.380 e. The molecule has 0 aliphatic rings. The van der Waals surface area contributed by atoms with Gasteiger partial charge >= 0.3 is 0 Å². The van der Waals surface area contributed by atoms with Crippen molar-refractivity contribution >= 4 is 0 Å². The summed E-state index contributed by atoms with van der Waals surface area (Å²) < 4.78 is 5.39. The Balaban J connectivity index is 2.05. The predicted molar refractivity (Wildman–Crippen MR) is 59.2 cm³/mol. The van der Waals surface area contributed by atoms with Gasteiger partial charge in [0, 0.05) is 12.6 Å². The first-order valence-electron chi connectivity index (χ1n) is 5.16. The maximum absolute atomic E-state index is 5.56. The molecule has 2 nitrogen and oxygen atoms in total. The van der Waals surface area contributed by atoms with Crippen LogP contribution in [0.1, 0.15) is 18.9 Å². The smallest absolute Gasteiger partial charge is 0.0614 e. The molecule has 0 bridgehead atoms. The Morgan fingerprint density at radius 3 is 2.64 bits per heavy atom. The van der Waals surface area contributed by atoms with Gasteiger partial charge < -0.3 is 10.5 Å². The van der Waals surface area contributed by atoms with Crippen LogP contribution in [-0.4, -0.2) is 19.3 Å². The van der Waals surface area contributed by atoms with Crippen LogP contribution in [0.4, 0.5) is 0 Å². The van der Waals surface area contributed by atoms with Crippen molar-refractivity contribution in [2.45, 2.75) is 25.8 Å². The van der Waals surface area contributed by atoms with Crippen LogP contribution in [0.3, 0.4) is 0 Å². The highest BCUT2D eigenvalue weighted by Crippen LogP contribution is 2.02. The van der Waals surface area contributed by atoms with E-state index in [-0.39, 0.29) is 6.04 Å². The fraction of sp³-hybridized carbons (Fsp3) is 0.500. The van der Waals surface area contributed by atoms with Crippen molar-refractivity contribution in [3.63, 3.8) is 0 Å². The minimum atomic E-state index is 0.145. The highest BCUT2D eigenvalue weighted by Gasteiger charge is 1.94. The van der Waals surface area contributed by atoms with Crippen LogP contribution in [0.15, 0.2) is 30.3 Å². The summed E-state index contributed by atoms with van der Waals surface area (Å²) in [5.74, 6) is 0. The first kappa shape index (κ1) is 11.2. The van der Waals surface area contributed by atoms with Gasteiger partial charge in [-0.05, 0) is 25.3 Å². The average Bonchev–Trinajstić information content (AvgIpc) is 2.18. The van der Waals surface area contributed by atoms with Crippen LogP contribution < -0.4 is 5.73 Å². The Hall–Kier alpha value is -0.860. The third-order valence-electron chi connectivity index (χ3n) is 1.98. The molecule has 0 radical (unpaired) electrons. The van der Waals surface area contributed by atoms with Gasteiger partial charge in [0.25, 0.3) is 0 Å². The molecule has 1 aromatic carbocycles. The topological polar surface area (TPSA) is 35.2 Å². The van der Waals surface area contributed by atoms with Gasteiger partial charge in [0.05, 0.1) is 6.61 Å². The van der Waals surface area contributed by atoms with Crippen molar-refractivity contribution in [3.05, 3.63) is 35.9 Å². The lowest BCUT2D eigenvalue weighted by molar-refractivity contribution is 0.122. The second-order valence-corrected chi connectivity index (χ2v) is 3.64. The molecule has 0 amide bonds. The molecule has 0 saturated carbocycles. The number of rotatable bonds is 6. The fourth-order valence-electron chi connectivity index (χ4n) is 1.29. The van der Waals surface area contributed by atoms with E-state index >= 15 is 0 Å². The molecule has 0 unspecified atom stereocenters. The van der Waals surface area contributed by atoms with Gasteiger partial charge in [-0.15, -0.1) is 0 Å². The van der Waals surface area contributed by atoms with E-state index in [2.05, 4.69) is 24.3 Å². The second kappa shape index (κ2) is 6.57. The quantitative estimate of drug-likeness (QED) is 0.701. The van der Waals surface area contributed by atoms with E-state index < -0.39 is 0 Å². The van der Waals surface area contributed by atoms with E-state index in [0.29, 0.717) is 6.61 Å². The van der Waals surface area contributed by atoms with Gasteiger partial charge in [-0.2, -0.15) is 0 Å². The normalized spacial score (nSPS) is 12.7. The van der Waals surface area contributed by atoms with E-state index in [4.69, 9.17) is 10.5 Å². The minimum Gasteiger partial charge on any atom is -0.380 e. The molecular formula is C12H19NO. The Morgan fingerprint density at radius 2 is 2.00 bits per heavy atom. The van der Waals surface area contributed by atoms with E-state index in [9.17, 15) is 0 Å². The van der Waals surface area contributed by atoms with Gasteiger partial charge in [0.15, 0.2) is 0 Å². The summed E-state index contributed by atoms with van der Waals surface area (Å²) in [5, 5.41) is 0. The van der Waals surface area contributed by atoms with E-state index in [0.717, 1.165) is 19.4 Å². The van der Waals surface area contributed by atoms with Crippen molar-refractivity contribution in [1.29, 1.82) is 0 Å². The third-order valence-corrected chi connectivity index (χ3v) is 1.98. The lowest BCUT2D eigenvalue weighted by Gasteiger charge is -2.06. The van der Waals surface area contributed by atoms with Crippen molar-refractivity contribution < 1.29 is 4.74 Å². The third kappa shape index (κ3) is 5.00. The van der Waals surface area contributed by atoms with E-state index in [1.807, 2.05) is 13.0 Å². The Bertz CT molecular complexity index is 233. The SMILES string of the molecule is C[C@@H](N)COCCCc1ccccc1. The van der Waals surface area contributed by atoms with Gasteiger partial charge in [0.2, 0.25) is 0 Å². The zero-order valence-corrected chi connectivity index (χ0v) is 8.78. The highest BCUT2D eigenvalue weighted by atomic mass is 16.5. The van der Waals surface area contributed by atoms with Crippen LogP contribution in [0.25, 0.3) is 0 Å². The minimum absolute atomic E-state index is 0.145.